The highest BCUT2D eigenvalue weighted by Crippen LogP contribution is 2.36. The van der Waals surface area contributed by atoms with Crippen LogP contribution in [0.25, 0.3) is 16.8 Å². The van der Waals surface area contributed by atoms with Crippen molar-refractivity contribution in [2.24, 2.45) is 0 Å². The van der Waals surface area contributed by atoms with Crippen LogP contribution in [-0.4, -0.2) is 4.98 Å². The van der Waals surface area contributed by atoms with Crippen LogP contribution in [0.2, 0.25) is 0 Å². The Balaban J connectivity index is 1.57. The topological polar surface area (TPSA) is 38.1 Å². The summed E-state index contributed by atoms with van der Waals surface area (Å²) in [6, 6.07) is 10.5. The number of anilines is 1. The first-order chi connectivity index (χ1) is 12.6. The maximum Gasteiger partial charge on any atom is 0.132 e. The molecule has 0 radical (unpaired) electrons. The number of aromatic nitrogens is 1. The number of benzene rings is 1. The highest BCUT2D eigenvalue weighted by molar-refractivity contribution is 5.76. The Labute approximate surface area is 152 Å². The molecule has 0 aliphatic heterocycles. The van der Waals surface area contributed by atoms with Gasteiger partial charge in [-0.1, -0.05) is 18.7 Å². The van der Waals surface area contributed by atoms with Crippen molar-refractivity contribution in [1.29, 1.82) is 0 Å². The van der Waals surface area contributed by atoms with E-state index in [1.165, 1.54) is 30.0 Å². The molecule has 1 aliphatic carbocycles. The molecule has 3 aromatic rings. The normalized spacial score (nSPS) is 13.3. The van der Waals surface area contributed by atoms with Gasteiger partial charge in [-0.3, -0.25) is 0 Å². The van der Waals surface area contributed by atoms with Gasteiger partial charge in [0.1, 0.15) is 23.2 Å². The molecule has 0 unspecified atom stereocenters. The summed E-state index contributed by atoms with van der Waals surface area (Å²) in [7, 11) is 0. The van der Waals surface area contributed by atoms with E-state index in [4.69, 9.17) is 4.42 Å². The Morgan fingerprint density at radius 3 is 2.73 bits per heavy atom. The lowest BCUT2D eigenvalue weighted by Crippen LogP contribution is -2.02. The van der Waals surface area contributed by atoms with Crippen molar-refractivity contribution in [3.05, 3.63) is 77.6 Å². The second kappa shape index (κ2) is 6.79. The number of furan rings is 1. The molecule has 0 bridgehead atoms. The molecular weight excluding hydrogens is 327 g/mol. The molecule has 2 aromatic heterocycles. The van der Waals surface area contributed by atoms with Crippen LogP contribution in [-0.2, 0) is 12.8 Å². The van der Waals surface area contributed by atoms with E-state index >= 15 is 0 Å². The summed E-state index contributed by atoms with van der Waals surface area (Å²) in [6.07, 6.45) is 6.31. The molecule has 3 nitrogen and oxygen atoms in total. The Morgan fingerprint density at radius 1 is 1.15 bits per heavy atom. The van der Waals surface area contributed by atoms with Gasteiger partial charge < -0.3 is 9.73 Å². The third-order valence-corrected chi connectivity index (χ3v) is 4.88. The van der Waals surface area contributed by atoms with E-state index in [0.29, 0.717) is 17.1 Å². The SMILES string of the molecule is C=C(Nc1ccc(-c2c(C)oc3c2CCCC3)cn1)c1ccccc1F. The number of aryl methyl sites for hydroxylation is 2. The van der Waals surface area contributed by atoms with Crippen molar-refractivity contribution in [3.8, 4) is 11.1 Å². The smallest absolute Gasteiger partial charge is 0.132 e. The van der Waals surface area contributed by atoms with Crippen molar-refractivity contribution in [1.82, 2.24) is 4.98 Å². The van der Waals surface area contributed by atoms with Gasteiger partial charge in [0.25, 0.3) is 0 Å². The average Bonchev–Trinajstić information content (AvgIpc) is 2.98. The number of halogens is 1. The molecule has 1 aromatic carbocycles. The number of fused-ring (bicyclic) bond motifs is 1. The minimum atomic E-state index is -0.303. The summed E-state index contributed by atoms with van der Waals surface area (Å²) in [6.45, 7) is 5.93. The van der Waals surface area contributed by atoms with E-state index in [2.05, 4.69) is 16.9 Å². The molecule has 4 heteroatoms. The number of hydrogen-bond acceptors (Lipinski definition) is 3. The summed E-state index contributed by atoms with van der Waals surface area (Å²) in [5.74, 6) is 2.41. The lowest BCUT2D eigenvalue weighted by molar-refractivity contribution is 0.458. The molecule has 0 atom stereocenters. The maximum absolute atomic E-state index is 13.9. The third kappa shape index (κ3) is 3.03. The van der Waals surface area contributed by atoms with Crippen LogP contribution in [0.4, 0.5) is 10.2 Å². The highest BCUT2D eigenvalue weighted by atomic mass is 19.1. The monoisotopic (exact) mass is 348 g/mol. The molecule has 0 fully saturated rings. The number of pyridine rings is 1. The van der Waals surface area contributed by atoms with Gasteiger partial charge in [-0.05, 0) is 50.5 Å². The van der Waals surface area contributed by atoms with Crippen LogP contribution in [0.3, 0.4) is 0 Å². The average molecular weight is 348 g/mol. The predicted octanol–water partition coefficient (Wildman–Crippen LogP) is 5.75. The zero-order valence-corrected chi connectivity index (χ0v) is 14.8. The molecule has 4 rings (SSSR count). The molecule has 0 saturated carbocycles. The lowest BCUT2D eigenvalue weighted by atomic mass is 9.92. The van der Waals surface area contributed by atoms with E-state index < -0.39 is 0 Å². The van der Waals surface area contributed by atoms with E-state index in [1.54, 1.807) is 18.2 Å². The number of hydrogen-bond donors (Lipinski definition) is 1. The van der Waals surface area contributed by atoms with Crippen LogP contribution >= 0.6 is 0 Å². The standard InChI is InChI=1S/C22H21FN2O/c1-14(17-7-3-5-9-19(17)23)25-21-12-11-16(13-24-21)22-15(2)26-20-10-6-4-8-18(20)22/h3,5,7,9,11-13H,1,4,6,8,10H2,2H3,(H,24,25). The number of rotatable bonds is 4. The molecule has 132 valence electrons. The van der Waals surface area contributed by atoms with Crippen LogP contribution < -0.4 is 5.32 Å². The molecule has 1 N–H and O–H groups in total. The van der Waals surface area contributed by atoms with Gasteiger partial charge in [0, 0.05) is 40.6 Å². The van der Waals surface area contributed by atoms with Crippen molar-refractivity contribution in [3.63, 3.8) is 0 Å². The van der Waals surface area contributed by atoms with E-state index in [9.17, 15) is 4.39 Å². The molecule has 1 aliphatic rings. The lowest BCUT2D eigenvalue weighted by Gasteiger charge is -2.12. The Bertz CT molecular complexity index is 957. The molecule has 0 saturated heterocycles. The van der Waals surface area contributed by atoms with Crippen molar-refractivity contribution in [2.45, 2.75) is 32.6 Å². The minimum absolute atomic E-state index is 0.303. The number of nitrogens with zero attached hydrogens (tertiary/aromatic N) is 1. The summed E-state index contributed by atoms with van der Waals surface area (Å²) in [4.78, 5) is 4.48. The van der Waals surface area contributed by atoms with Crippen LogP contribution in [0.5, 0.6) is 0 Å². The number of nitrogens with one attached hydrogen (secondary N) is 1. The summed E-state index contributed by atoms with van der Waals surface area (Å²) < 4.78 is 19.8. The first kappa shape index (κ1) is 16.6. The minimum Gasteiger partial charge on any atom is -0.465 e. The van der Waals surface area contributed by atoms with E-state index in [1.807, 2.05) is 25.3 Å². The van der Waals surface area contributed by atoms with Crippen LogP contribution in [0.1, 0.15) is 35.5 Å². The maximum atomic E-state index is 13.9. The Morgan fingerprint density at radius 2 is 1.96 bits per heavy atom. The fourth-order valence-corrected chi connectivity index (χ4v) is 3.62. The second-order valence-electron chi connectivity index (χ2n) is 6.66. The Kier molecular flexibility index (Phi) is 4.33. The predicted molar refractivity (Wildman–Crippen MR) is 102 cm³/mol. The second-order valence-corrected chi connectivity index (χ2v) is 6.66. The fourth-order valence-electron chi connectivity index (χ4n) is 3.62. The van der Waals surface area contributed by atoms with Crippen molar-refractivity contribution in [2.75, 3.05) is 5.32 Å². The van der Waals surface area contributed by atoms with Gasteiger partial charge in [0.15, 0.2) is 0 Å². The van der Waals surface area contributed by atoms with Gasteiger partial charge >= 0.3 is 0 Å². The first-order valence-corrected chi connectivity index (χ1v) is 8.92. The molecule has 0 amide bonds. The molecular formula is C22H21FN2O. The molecule has 0 spiro atoms. The van der Waals surface area contributed by atoms with Gasteiger partial charge in [-0.2, -0.15) is 0 Å². The fraction of sp³-hybridized carbons (Fsp3) is 0.227. The zero-order chi connectivity index (χ0) is 18.1. The van der Waals surface area contributed by atoms with Crippen LogP contribution in [0, 0.1) is 12.7 Å². The van der Waals surface area contributed by atoms with Gasteiger partial charge in [-0.15, -0.1) is 0 Å². The summed E-state index contributed by atoms with van der Waals surface area (Å²) >= 11 is 0. The van der Waals surface area contributed by atoms with Gasteiger partial charge in [0.2, 0.25) is 0 Å². The van der Waals surface area contributed by atoms with Crippen molar-refractivity contribution >= 4 is 11.5 Å². The molecule has 2 heterocycles. The quantitative estimate of drug-likeness (QED) is 0.652. The van der Waals surface area contributed by atoms with E-state index in [-0.39, 0.29) is 5.82 Å². The summed E-state index contributed by atoms with van der Waals surface area (Å²) in [5.41, 5.74) is 4.48. The van der Waals surface area contributed by atoms with Crippen LogP contribution in [0.15, 0.2) is 53.6 Å². The zero-order valence-electron chi connectivity index (χ0n) is 14.8. The summed E-state index contributed by atoms with van der Waals surface area (Å²) in [5, 5.41) is 3.08. The van der Waals surface area contributed by atoms with Crippen molar-refractivity contribution < 1.29 is 8.81 Å². The molecule has 26 heavy (non-hydrogen) atoms. The third-order valence-electron chi connectivity index (χ3n) is 4.88. The Hall–Kier alpha value is -2.88. The van der Waals surface area contributed by atoms with Gasteiger partial charge in [0.05, 0.1) is 0 Å². The van der Waals surface area contributed by atoms with E-state index in [0.717, 1.165) is 29.9 Å². The van der Waals surface area contributed by atoms with Gasteiger partial charge in [-0.25, -0.2) is 9.37 Å². The highest BCUT2D eigenvalue weighted by Gasteiger charge is 2.21. The largest absolute Gasteiger partial charge is 0.465 e. The first-order valence-electron chi connectivity index (χ1n) is 8.92.